The minimum atomic E-state index is -0.326. The van der Waals surface area contributed by atoms with Gasteiger partial charge in [-0.05, 0) is 55.8 Å². The van der Waals surface area contributed by atoms with Gasteiger partial charge in [-0.3, -0.25) is 14.7 Å². The van der Waals surface area contributed by atoms with Crippen LogP contribution in [0.5, 0.6) is 0 Å². The first-order valence-corrected chi connectivity index (χ1v) is 8.32. The lowest BCUT2D eigenvalue weighted by Gasteiger charge is -2.26. The van der Waals surface area contributed by atoms with Crippen molar-refractivity contribution in [3.05, 3.63) is 89.2 Å². The van der Waals surface area contributed by atoms with E-state index in [9.17, 15) is 4.79 Å². The molecule has 0 radical (unpaired) electrons. The van der Waals surface area contributed by atoms with Crippen LogP contribution in [0.15, 0.2) is 66.9 Å². The molecule has 0 aliphatic carbocycles. The highest BCUT2D eigenvalue weighted by atomic mass is 16.2. The number of benzene rings is 2. The topological polar surface area (TPSA) is 45.2 Å². The maximum Gasteiger partial charge on any atom is 0.262 e. The molecule has 1 aromatic heterocycles. The lowest BCUT2D eigenvalue weighted by molar-refractivity contribution is 0.0993. The van der Waals surface area contributed by atoms with Crippen LogP contribution in [0.3, 0.4) is 0 Å². The van der Waals surface area contributed by atoms with E-state index in [1.54, 1.807) is 17.2 Å². The maximum absolute atomic E-state index is 13.0. The molecule has 0 bridgehead atoms. The van der Waals surface area contributed by atoms with Crippen LogP contribution in [-0.2, 0) is 0 Å². The molecule has 1 N–H and O–H groups in total. The largest absolute Gasteiger partial charge is 0.360 e. The van der Waals surface area contributed by atoms with E-state index in [-0.39, 0.29) is 12.1 Å². The van der Waals surface area contributed by atoms with Crippen LogP contribution in [0.2, 0.25) is 0 Å². The molecule has 25 heavy (non-hydrogen) atoms. The average Bonchev–Trinajstić information content (AvgIpc) is 2.89. The van der Waals surface area contributed by atoms with Crippen LogP contribution in [0.4, 0.5) is 11.4 Å². The zero-order valence-corrected chi connectivity index (χ0v) is 14.2. The smallest absolute Gasteiger partial charge is 0.262 e. The van der Waals surface area contributed by atoms with Gasteiger partial charge in [0.2, 0.25) is 0 Å². The standard InChI is InChI=1S/C21H19N3O/c1-14-8-10-17(11-9-14)24-20(23-16-6-3-5-15(2)13-16)19-18(21(24)25)7-4-12-22-19/h3-13,20,23H,1-2H3. The number of carbonyl (C=O) groups is 1. The van der Waals surface area contributed by atoms with Crippen LogP contribution in [-0.4, -0.2) is 10.9 Å². The molecule has 1 unspecified atom stereocenters. The molecule has 0 spiro atoms. The molecule has 3 aromatic rings. The van der Waals surface area contributed by atoms with Crippen molar-refractivity contribution in [2.24, 2.45) is 0 Å². The number of nitrogens with one attached hydrogen (secondary N) is 1. The summed E-state index contributed by atoms with van der Waals surface area (Å²) in [6.45, 7) is 4.09. The number of anilines is 2. The van der Waals surface area contributed by atoms with E-state index < -0.39 is 0 Å². The van der Waals surface area contributed by atoms with Gasteiger partial charge in [-0.2, -0.15) is 0 Å². The van der Waals surface area contributed by atoms with Gasteiger partial charge in [0.1, 0.15) is 0 Å². The first-order chi connectivity index (χ1) is 12.1. The lowest BCUT2D eigenvalue weighted by Crippen LogP contribution is -2.32. The van der Waals surface area contributed by atoms with Crippen LogP contribution in [0.1, 0.15) is 33.3 Å². The third kappa shape index (κ3) is 2.76. The molecular weight excluding hydrogens is 310 g/mol. The molecule has 4 nitrogen and oxygen atoms in total. The van der Waals surface area contributed by atoms with E-state index in [4.69, 9.17) is 0 Å². The molecule has 0 fully saturated rings. The Morgan fingerprint density at radius 2 is 1.76 bits per heavy atom. The predicted octanol–water partition coefficient (Wildman–Crippen LogP) is 4.47. The Hall–Kier alpha value is -3.14. The molecule has 0 saturated heterocycles. The Morgan fingerprint density at radius 1 is 0.960 bits per heavy atom. The zero-order chi connectivity index (χ0) is 17.4. The molecule has 1 aliphatic rings. The minimum Gasteiger partial charge on any atom is -0.360 e. The van der Waals surface area contributed by atoms with Crippen molar-refractivity contribution in [3.63, 3.8) is 0 Å². The molecule has 2 heterocycles. The van der Waals surface area contributed by atoms with Gasteiger partial charge in [0, 0.05) is 17.6 Å². The van der Waals surface area contributed by atoms with Crippen LogP contribution >= 0.6 is 0 Å². The normalized spacial score (nSPS) is 16.0. The van der Waals surface area contributed by atoms with Crippen molar-refractivity contribution in [2.45, 2.75) is 20.0 Å². The number of hydrogen-bond donors (Lipinski definition) is 1. The fourth-order valence-corrected chi connectivity index (χ4v) is 3.18. The Balaban J connectivity index is 1.78. The van der Waals surface area contributed by atoms with Crippen molar-refractivity contribution in [2.75, 3.05) is 10.2 Å². The van der Waals surface area contributed by atoms with Crippen molar-refractivity contribution in [1.29, 1.82) is 0 Å². The van der Waals surface area contributed by atoms with Gasteiger partial charge in [0.15, 0.2) is 6.17 Å². The summed E-state index contributed by atoms with van der Waals surface area (Å²) in [5.41, 5.74) is 5.56. The van der Waals surface area contributed by atoms with Crippen LogP contribution in [0, 0.1) is 13.8 Å². The Morgan fingerprint density at radius 3 is 2.52 bits per heavy atom. The van der Waals surface area contributed by atoms with E-state index in [1.807, 2.05) is 49.4 Å². The molecule has 4 rings (SSSR count). The van der Waals surface area contributed by atoms with Gasteiger partial charge in [0.05, 0.1) is 11.3 Å². The van der Waals surface area contributed by atoms with Gasteiger partial charge < -0.3 is 5.32 Å². The number of amides is 1. The average molecular weight is 329 g/mol. The van der Waals surface area contributed by atoms with Gasteiger partial charge in [-0.1, -0.05) is 29.8 Å². The second kappa shape index (κ2) is 6.06. The molecule has 0 saturated carbocycles. The Kier molecular flexibility index (Phi) is 3.73. The molecule has 2 aromatic carbocycles. The third-order valence-electron chi connectivity index (χ3n) is 4.44. The Labute approximate surface area is 147 Å². The highest BCUT2D eigenvalue weighted by Crippen LogP contribution is 2.36. The number of nitrogens with zero attached hydrogens (tertiary/aromatic N) is 2. The van der Waals surface area contributed by atoms with E-state index in [2.05, 4.69) is 29.4 Å². The first-order valence-electron chi connectivity index (χ1n) is 8.32. The highest BCUT2D eigenvalue weighted by molar-refractivity contribution is 6.11. The summed E-state index contributed by atoms with van der Waals surface area (Å²) in [5, 5.41) is 3.47. The number of fused-ring (bicyclic) bond motifs is 1. The molecule has 1 amide bonds. The summed E-state index contributed by atoms with van der Waals surface area (Å²) in [6, 6.07) is 19.8. The lowest BCUT2D eigenvalue weighted by atomic mass is 10.2. The molecule has 1 aliphatic heterocycles. The van der Waals surface area contributed by atoms with E-state index in [0.717, 1.165) is 28.2 Å². The van der Waals surface area contributed by atoms with Crippen molar-refractivity contribution < 1.29 is 4.79 Å². The van der Waals surface area contributed by atoms with Crippen molar-refractivity contribution >= 4 is 17.3 Å². The monoisotopic (exact) mass is 329 g/mol. The SMILES string of the molecule is Cc1ccc(N2C(=O)c3cccnc3C2Nc2cccc(C)c2)cc1. The first kappa shape index (κ1) is 15.4. The van der Waals surface area contributed by atoms with Gasteiger partial charge >= 0.3 is 0 Å². The fourth-order valence-electron chi connectivity index (χ4n) is 3.18. The summed E-state index contributed by atoms with van der Waals surface area (Å²) in [6.07, 6.45) is 1.41. The Bertz CT molecular complexity index is 934. The van der Waals surface area contributed by atoms with E-state index in [0.29, 0.717) is 5.56 Å². The zero-order valence-electron chi connectivity index (χ0n) is 14.2. The molecule has 4 heteroatoms. The number of aryl methyl sites for hydroxylation is 2. The van der Waals surface area contributed by atoms with Crippen LogP contribution in [0.25, 0.3) is 0 Å². The van der Waals surface area contributed by atoms with Gasteiger partial charge in [-0.15, -0.1) is 0 Å². The molecular formula is C21H19N3O. The van der Waals surface area contributed by atoms with E-state index >= 15 is 0 Å². The molecule has 1 atom stereocenters. The van der Waals surface area contributed by atoms with Gasteiger partial charge in [-0.25, -0.2) is 0 Å². The summed E-state index contributed by atoms with van der Waals surface area (Å²) < 4.78 is 0. The second-order valence-electron chi connectivity index (χ2n) is 6.36. The minimum absolute atomic E-state index is 0.0305. The van der Waals surface area contributed by atoms with E-state index in [1.165, 1.54) is 0 Å². The number of aromatic nitrogens is 1. The number of rotatable bonds is 3. The summed E-state index contributed by atoms with van der Waals surface area (Å²) in [4.78, 5) is 19.3. The second-order valence-corrected chi connectivity index (χ2v) is 6.36. The van der Waals surface area contributed by atoms with Crippen molar-refractivity contribution in [1.82, 2.24) is 4.98 Å². The van der Waals surface area contributed by atoms with Crippen molar-refractivity contribution in [3.8, 4) is 0 Å². The number of pyridine rings is 1. The maximum atomic E-state index is 13.0. The third-order valence-corrected chi connectivity index (χ3v) is 4.44. The summed E-state index contributed by atoms with van der Waals surface area (Å²) >= 11 is 0. The quantitative estimate of drug-likeness (QED) is 0.771. The summed E-state index contributed by atoms with van der Waals surface area (Å²) in [5.74, 6) is -0.0305. The fraction of sp³-hybridized carbons (Fsp3) is 0.143. The predicted molar refractivity (Wildman–Crippen MR) is 99.8 cm³/mol. The summed E-state index contributed by atoms with van der Waals surface area (Å²) in [7, 11) is 0. The highest BCUT2D eigenvalue weighted by Gasteiger charge is 2.38. The van der Waals surface area contributed by atoms with Gasteiger partial charge in [0.25, 0.3) is 5.91 Å². The number of hydrogen-bond acceptors (Lipinski definition) is 3. The van der Waals surface area contributed by atoms with Crippen LogP contribution < -0.4 is 10.2 Å². The molecule has 124 valence electrons. The number of carbonyl (C=O) groups excluding carboxylic acids is 1.